The molecule has 0 aliphatic carbocycles. The fourth-order valence-electron chi connectivity index (χ4n) is 1.23. The second-order valence-corrected chi connectivity index (χ2v) is 2.95. The molecule has 0 amide bonds. The molecule has 0 aliphatic heterocycles. The topological polar surface area (TPSA) is 89.4 Å². The third-order valence-electron chi connectivity index (χ3n) is 1.87. The van der Waals surface area contributed by atoms with Crippen molar-refractivity contribution >= 4 is 11.8 Å². The van der Waals surface area contributed by atoms with Crippen molar-refractivity contribution in [2.75, 3.05) is 5.73 Å². The molecule has 0 saturated heterocycles. The summed E-state index contributed by atoms with van der Waals surface area (Å²) in [4.78, 5) is 14.7. The first kappa shape index (κ1) is 9.26. The number of anilines is 1. The molecule has 0 unspecified atom stereocenters. The largest absolute Gasteiger partial charge is 0.478 e. The molecule has 15 heavy (non-hydrogen) atoms. The van der Waals surface area contributed by atoms with E-state index in [1.807, 2.05) is 0 Å². The molecule has 2 aromatic heterocycles. The number of nitrogens with two attached hydrogens (primary N) is 1. The van der Waals surface area contributed by atoms with E-state index in [0.29, 0.717) is 11.5 Å². The van der Waals surface area contributed by atoms with Crippen molar-refractivity contribution in [2.45, 2.75) is 0 Å². The van der Waals surface area contributed by atoms with E-state index in [1.165, 1.54) is 18.4 Å². The van der Waals surface area contributed by atoms with E-state index in [-0.39, 0.29) is 11.4 Å². The molecule has 2 aromatic rings. The molecule has 0 atom stereocenters. The van der Waals surface area contributed by atoms with Gasteiger partial charge in [0.25, 0.3) is 0 Å². The number of carbonyl (C=O) groups is 1. The van der Waals surface area contributed by atoms with Crippen LogP contribution in [0.2, 0.25) is 0 Å². The van der Waals surface area contributed by atoms with E-state index in [2.05, 4.69) is 4.98 Å². The Balaban J connectivity index is 2.54. The average Bonchev–Trinajstić information content (AvgIpc) is 2.69. The van der Waals surface area contributed by atoms with Gasteiger partial charge in [0.15, 0.2) is 5.76 Å². The Bertz CT molecular complexity index is 491. The van der Waals surface area contributed by atoms with Gasteiger partial charge in [0, 0.05) is 0 Å². The van der Waals surface area contributed by atoms with Crippen molar-refractivity contribution in [1.82, 2.24) is 4.98 Å². The lowest BCUT2D eigenvalue weighted by Gasteiger charge is -2.00. The lowest BCUT2D eigenvalue weighted by molar-refractivity contribution is 0.0697. The van der Waals surface area contributed by atoms with E-state index in [1.54, 1.807) is 12.1 Å². The van der Waals surface area contributed by atoms with Crippen LogP contribution in [0.4, 0.5) is 5.82 Å². The number of aromatic carboxylic acids is 1. The van der Waals surface area contributed by atoms with E-state index in [9.17, 15) is 4.79 Å². The lowest BCUT2D eigenvalue weighted by Crippen LogP contribution is -2.01. The van der Waals surface area contributed by atoms with E-state index in [4.69, 9.17) is 15.3 Å². The van der Waals surface area contributed by atoms with E-state index < -0.39 is 5.97 Å². The quantitative estimate of drug-likeness (QED) is 0.775. The van der Waals surface area contributed by atoms with Gasteiger partial charge in [-0.3, -0.25) is 0 Å². The maximum Gasteiger partial charge on any atom is 0.335 e. The summed E-state index contributed by atoms with van der Waals surface area (Å²) < 4.78 is 5.10. The maximum absolute atomic E-state index is 10.8. The molecule has 76 valence electrons. The van der Waals surface area contributed by atoms with Gasteiger partial charge in [0.05, 0.1) is 11.8 Å². The highest BCUT2D eigenvalue weighted by Gasteiger charge is 2.09. The SMILES string of the molecule is Nc1cc(C(=O)O)cc(-c2ccco2)n1. The van der Waals surface area contributed by atoms with Crippen LogP contribution in [0.1, 0.15) is 10.4 Å². The van der Waals surface area contributed by atoms with Gasteiger partial charge < -0.3 is 15.3 Å². The van der Waals surface area contributed by atoms with Crippen LogP contribution in [-0.2, 0) is 0 Å². The first-order chi connectivity index (χ1) is 7.16. The highest BCUT2D eigenvalue weighted by Crippen LogP contribution is 2.20. The lowest BCUT2D eigenvalue weighted by atomic mass is 10.2. The molecule has 2 heterocycles. The van der Waals surface area contributed by atoms with Crippen LogP contribution in [0.25, 0.3) is 11.5 Å². The number of nitrogens with zero attached hydrogens (tertiary/aromatic N) is 1. The summed E-state index contributed by atoms with van der Waals surface area (Å²) in [6, 6.07) is 6.10. The van der Waals surface area contributed by atoms with Crippen LogP contribution in [0.3, 0.4) is 0 Å². The summed E-state index contributed by atoms with van der Waals surface area (Å²) in [5, 5.41) is 8.82. The molecule has 0 saturated carbocycles. The molecule has 0 fully saturated rings. The fraction of sp³-hybridized carbons (Fsp3) is 0. The van der Waals surface area contributed by atoms with Gasteiger partial charge in [-0.1, -0.05) is 0 Å². The van der Waals surface area contributed by atoms with Crippen molar-refractivity contribution < 1.29 is 14.3 Å². The van der Waals surface area contributed by atoms with Gasteiger partial charge in [-0.25, -0.2) is 9.78 Å². The fourth-order valence-corrected chi connectivity index (χ4v) is 1.23. The van der Waals surface area contributed by atoms with Gasteiger partial charge in [0.2, 0.25) is 0 Å². The number of carboxylic acid groups (broad SMARTS) is 1. The van der Waals surface area contributed by atoms with Gasteiger partial charge >= 0.3 is 5.97 Å². The van der Waals surface area contributed by atoms with E-state index in [0.717, 1.165) is 0 Å². The first-order valence-corrected chi connectivity index (χ1v) is 4.21. The zero-order chi connectivity index (χ0) is 10.8. The molecular weight excluding hydrogens is 196 g/mol. The van der Waals surface area contributed by atoms with Crippen molar-refractivity contribution in [1.29, 1.82) is 0 Å². The van der Waals surface area contributed by atoms with Crippen LogP contribution < -0.4 is 5.73 Å². The van der Waals surface area contributed by atoms with Gasteiger partial charge in [-0.15, -0.1) is 0 Å². The summed E-state index contributed by atoms with van der Waals surface area (Å²) in [6.07, 6.45) is 1.49. The molecule has 5 heteroatoms. The molecule has 0 radical (unpaired) electrons. The summed E-state index contributed by atoms with van der Waals surface area (Å²) in [5.41, 5.74) is 5.99. The van der Waals surface area contributed by atoms with Crippen molar-refractivity contribution in [3.05, 3.63) is 36.1 Å². The molecule has 0 bridgehead atoms. The summed E-state index contributed by atoms with van der Waals surface area (Å²) in [6.45, 7) is 0. The number of hydrogen-bond donors (Lipinski definition) is 2. The summed E-state index contributed by atoms with van der Waals surface area (Å²) in [5.74, 6) is -0.400. The van der Waals surface area contributed by atoms with Crippen LogP contribution in [-0.4, -0.2) is 16.1 Å². The molecular formula is C10H8N2O3. The normalized spacial score (nSPS) is 10.1. The second-order valence-electron chi connectivity index (χ2n) is 2.95. The predicted octanol–water partition coefficient (Wildman–Crippen LogP) is 1.62. The number of nitrogen functional groups attached to an aromatic ring is 1. The van der Waals surface area contributed by atoms with Crippen molar-refractivity contribution in [2.24, 2.45) is 0 Å². The Morgan fingerprint density at radius 3 is 2.87 bits per heavy atom. The summed E-state index contributed by atoms with van der Waals surface area (Å²) in [7, 11) is 0. The Labute approximate surface area is 85.2 Å². The minimum atomic E-state index is -1.04. The molecule has 2 rings (SSSR count). The maximum atomic E-state index is 10.8. The highest BCUT2D eigenvalue weighted by atomic mass is 16.4. The molecule has 0 aliphatic rings. The Kier molecular flexibility index (Phi) is 2.13. The molecule has 0 spiro atoms. The van der Waals surface area contributed by atoms with Crippen LogP contribution >= 0.6 is 0 Å². The summed E-state index contributed by atoms with van der Waals surface area (Å²) >= 11 is 0. The van der Waals surface area contributed by atoms with Crippen LogP contribution in [0.5, 0.6) is 0 Å². The zero-order valence-corrected chi connectivity index (χ0v) is 7.68. The van der Waals surface area contributed by atoms with Crippen molar-refractivity contribution in [3.8, 4) is 11.5 Å². The highest BCUT2D eigenvalue weighted by molar-refractivity contribution is 5.89. The molecule has 0 aromatic carbocycles. The van der Waals surface area contributed by atoms with Gasteiger partial charge in [-0.05, 0) is 24.3 Å². The van der Waals surface area contributed by atoms with Crippen molar-refractivity contribution in [3.63, 3.8) is 0 Å². The number of aromatic nitrogens is 1. The zero-order valence-electron chi connectivity index (χ0n) is 7.68. The van der Waals surface area contributed by atoms with E-state index >= 15 is 0 Å². The predicted molar refractivity (Wildman–Crippen MR) is 53.3 cm³/mol. The number of carboxylic acids is 1. The Hall–Kier alpha value is -2.30. The number of furan rings is 1. The minimum absolute atomic E-state index is 0.0916. The third kappa shape index (κ3) is 1.80. The second kappa shape index (κ2) is 3.45. The van der Waals surface area contributed by atoms with Gasteiger partial charge in [0.1, 0.15) is 11.5 Å². The first-order valence-electron chi connectivity index (χ1n) is 4.21. The van der Waals surface area contributed by atoms with Gasteiger partial charge in [-0.2, -0.15) is 0 Å². The third-order valence-corrected chi connectivity index (χ3v) is 1.87. The smallest absolute Gasteiger partial charge is 0.335 e. The Morgan fingerprint density at radius 1 is 1.47 bits per heavy atom. The molecule has 5 nitrogen and oxygen atoms in total. The Morgan fingerprint density at radius 2 is 2.27 bits per heavy atom. The van der Waals surface area contributed by atoms with Crippen LogP contribution in [0.15, 0.2) is 34.9 Å². The molecule has 3 N–H and O–H groups in total. The minimum Gasteiger partial charge on any atom is -0.478 e. The monoisotopic (exact) mass is 204 g/mol. The number of pyridine rings is 1. The average molecular weight is 204 g/mol. The number of hydrogen-bond acceptors (Lipinski definition) is 4. The number of rotatable bonds is 2. The van der Waals surface area contributed by atoms with Crippen LogP contribution in [0, 0.1) is 0 Å². The standard InChI is InChI=1S/C10H8N2O3/c11-9-5-6(10(13)14)4-7(12-9)8-2-1-3-15-8/h1-5H,(H2,11,12)(H,13,14).